The lowest BCUT2D eigenvalue weighted by Gasteiger charge is -2.22. The van der Waals surface area contributed by atoms with Crippen molar-refractivity contribution >= 4 is 17.8 Å². The zero-order valence-electron chi connectivity index (χ0n) is 11.6. The fourth-order valence-electron chi connectivity index (χ4n) is 1.69. The van der Waals surface area contributed by atoms with E-state index >= 15 is 0 Å². The normalized spacial score (nSPS) is 15.8. The number of nitrogens with zero attached hydrogens (tertiary/aromatic N) is 1. The first-order valence-corrected chi connectivity index (χ1v) is 6.25. The summed E-state index contributed by atoms with van der Waals surface area (Å²) in [4.78, 5) is 35.8. The lowest BCUT2D eigenvalue weighted by molar-refractivity contribution is -0.145. The average molecular weight is 271 g/mol. The summed E-state index contributed by atoms with van der Waals surface area (Å²) in [6.45, 7) is 1.74. The highest BCUT2D eigenvalue weighted by Gasteiger charge is 2.25. The van der Waals surface area contributed by atoms with Crippen molar-refractivity contribution in [3.05, 3.63) is 0 Å². The van der Waals surface area contributed by atoms with E-state index in [-0.39, 0.29) is 24.9 Å². The van der Waals surface area contributed by atoms with Crippen LogP contribution in [0.4, 0.5) is 0 Å². The third-order valence-electron chi connectivity index (χ3n) is 2.71. The Kier molecular flexibility index (Phi) is 5.75. The van der Waals surface area contributed by atoms with Gasteiger partial charge < -0.3 is 15.4 Å². The van der Waals surface area contributed by atoms with Crippen molar-refractivity contribution in [1.82, 2.24) is 15.5 Å². The molecule has 1 rings (SSSR count). The second-order valence-corrected chi connectivity index (χ2v) is 4.81. The van der Waals surface area contributed by atoms with Gasteiger partial charge in [-0.25, -0.2) is 4.79 Å². The van der Waals surface area contributed by atoms with Crippen LogP contribution in [0.1, 0.15) is 19.8 Å². The van der Waals surface area contributed by atoms with Crippen molar-refractivity contribution in [2.24, 2.45) is 0 Å². The Hall–Kier alpha value is -1.63. The average Bonchev–Trinajstić information content (AvgIpc) is 3.09. The summed E-state index contributed by atoms with van der Waals surface area (Å²) < 4.78 is 4.61. The molecular weight excluding hydrogens is 250 g/mol. The minimum Gasteiger partial charge on any atom is -0.467 e. The van der Waals surface area contributed by atoms with Crippen LogP contribution in [0.15, 0.2) is 0 Å². The van der Waals surface area contributed by atoms with Crippen molar-refractivity contribution in [2.45, 2.75) is 31.8 Å². The molecule has 1 aliphatic carbocycles. The molecule has 7 heteroatoms. The van der Waals surface area contributed by atoms with Crippen LogP contribution in [0.25, 0.3) is 0 Å². The highest BCUT2D eigenvalue weighted by atomic mass is 16.5. The maximum atomic E-state index is 11.6. The molecule has 2 amide bonds. The van der Waals surface area contributed by atoms with E-state index in [1.54, 1.807) is 11.9 Å². The summed E-state index contributed by atoms with van der Waals surface area (Å²) in [5, 5.41) is 5.36. The number of esters is 1. The third-order valence-corrected chi connectivity index (χ3v) is 2.71. The second-order valence-electron chi connectivity index (χ2n) is 4.81. The van der Waals surface area contributed by atoms with Crippen LogP contribution < -0.4 is 10.6 Å². The number of rotatable bonds is 7. The van der Waals surface area contributed by atoms with Crippen LogP contribution in [0.5, 0.6) is 0 Å². The zero-order chi connectivity index (χ0) is 14.4. The van der Waals surface area contributed by atoms with E-state index in [0.29, 0.717) is 6.04 Å². The van der Waals surface area contributed by atoms with Gasteiger partial charge in [-0.2, -0.15) is 0 Å². The Bertz CT molecular complexity index is 355. The molecule has 0 saturated heterocycles. The Morgan fingerprint density at radius 1 is 1.37 bits per heavy atom. The van der Waals surface area contributed by atoms with E-state index in [2.05, 4.69) is 15.4 Å². The smallest absolute Gasteiger partial charge is 0.329 e. The minimum atomic E-state index is -0.763. The fraction of sp³-hybridized carbons (Fsp3) is 0.750. The number of carbonyl (C=O) groups is 3. The number of amides is 2. The van der Waals surface area contributed by atoms with E-state index in [0.717, 1.165) is 12.8 Å². The second kappa shape index (κ2) is 7.08. The summed E-state index contributed by atoms with van der Waals surface area (Å²) in [5.41, 5.74) is 0. The highest BCUT2D eigenvalue weighted by molar-refractivity contribution is 5.83. The first-order valence-electron chi connectivity index (χ1n) is 6.25. The van der Waals surface area contributed by atoms with Gasteiger partial charge in [-0.05, 0) is 19.9 Å². The summed E-state index contributed by atoms with van der Waals surface area (Å²) in [5.74, 6) is -0.910. The van der Waals surface area contributed by atoms with Gasteiger partial charge in [0.05, 0.1) is 13.7 Å². The van der Waals surface area contributed by atoms with Crippen LogP contribution in [0.2, 0.25) is 0 Å². The molecule has 108 valence electrons. The number of carbonyl (C=O) groups excluding carboxylic acids is 3. The molecule has 19 heavy (non-hydrogen) atoms. The zero-order valence-corrected chi connectivity index (χ0v) is 11.6. The summed E-state index contributed by atoms with van der Waals surface area (Å²) >= 11 is 0. The Balaban J connectivity index is 2.39. The summed E-state index contributed by atoms with van der Waals surface area (Å²) in [7, 11) is 2.97. The molecule has 0 radical (unpaired) electrons. The van der Waals surface area contributed by atoms with Crippen LogP contribution >= 0.6 is 0 Å². The largest absolute Gasteiger partial charge is 0.467 e. The monoisotopic (exact) mass is 271 g/mol. The van der Waals surface area contributed by atoms with E-state index in [4.69, 9.17) is 0 Å². The number of nitrogens with one attached hydrogen (secondary N) is 2. The molecule has 1 fully saturated rings. The van der Waals surface area contributed by atoms with E-state index in [1.165, 1.54) is 14.0 Å². The van der Waals surface area contributed by atoms with Gasteiger partial charge in [0.15, 0.2) is 0 Å². The van der Waals surface area contributed by atoms with Gasteiger partial charge in [-0.1, -0.05) is 0 Å². The standard InChI is InChI=1S/C12H21N3O4/c1-8(16)13-10(12(18)19-3)6-15(2)7-11(17)14-9-4-5-9/h9-10H,4-7H2,1-3H3,(H,13,16)(H,14,17). The maximum Gasteiger partial charge on any atom is 0.329 e. The van der Waals surface area contributed by atoms with Crippen molar-refractivity contribution in [3.63, 3.8) is 0 Å². The van der Waals surface area contributed by atoms with Crippen molar-refractivity contribution in [1.29, 1.82) is 0 Å². The van der Waals surface area contributed by atoms with Crippen LogP contribution in [-0.4, -0.2) is 62.0 Å². The molecule has 0 heterocycles. The maximum absolute atomic E-state index is 11.6. The third kappa shape index (κ3) is 6.19. The molecule has 7 nitrogen and oxygen atoms in total. The van der Waals surface area contributed by atoms with Gasteiger partial charge in [0.1, 0.15) is 6.04 Å². The molecule has 0 aromatic carbocycles. The molecule has 1 atom stereocenters. The van der Waals surface area contributed by atoms with Gasteiger partial charge in [-0.15, -0.1) is 0 Å². The topological polar surface area (TPSA) is 87.7 Å². The first-order chi connectivity index (χ1) is 8.92. The van der Waals surface area contributed by atoms with Gasteiger partial charge in [0.2, 0.25) is 11.8 Å². The fourth-order valence-corrected chi connectivity index (χ4v) is 1.69. The quantitative estimate of drug-likeness (QED) is 0.572. The summed E-state index contributed by atoms with van der Waals surface area (Å²) in [6.07, 6.45) is 2.07. The van der Waals surface area contributed by atoms with Crippen molar-refractivity contribution < 1.29 is 19.1 Å². The number of likely N-dealkylation sites (N-methyl/N-ethyl adjacent to an activating group) is 1. The molecule has 1 saturated carbocycles. The molecule has 1 unspecified atom stereocenters. The van der Waals surface area contributed by atoms with Crippen LogP contribution in [0.3, 0.4) is 0 Å². The molecule has 0 aromatic rings. The predicted molar refractivity (Wildman–Crippen MR) is 68.3 cm³/mol. The van der Waals surface area contributed by atoms with E-state index < -0.39 is 12.0 Å². The van der Waals surface area contributed by atoms with E-state index in [1.807, 2.05) is 0 Å². The van der Waals surface area contributed by atoms with Crippen molar-refractivity contribution in [2.75, 3.05) is 27.2 Å². The molecule has 0 bridgehead atoms. The number of methoxy groups -OCH3 is 1. The molecule has 0 spiro atoms. The Morgan fingerprint density at radius 2 is 2.00 bits per heavy atom. The highest BCUT2D eigenvalue weighted by Crippen LogP contribution is 2.18. The molecule has 2 N–H and O–H groups in total. The summed E-state index contributed by atoms with van der Waals surface area (Å²) in [6, 6.07) is -0.450. The lowest BCUT2D eigenvalue weighted by atomic mass is 10.2. The Morgan fingerprint density at radius 3 is 2.47 bits per heavy atom. The molecule has 0 aliphatic heterocycles. The van der Waals surface area contributed by atoms with Gasteiger partial charge in [0, 0.05) is 19.5 Å². The van der Waals surface area contributed by atoms with Crippen LogP contribution in [0, 0.1) is 0 Å². The molecule has 0 aromatic heterocycles. The minimum absolute atomic E-state index is 0.0727. The van der Waals surface area contributed by atoms with E-state index in [9.17, 15) is 14.4 Å². The number of ether oxygens (including phenoxy) is 1. The first kappa shape index (κ1) is 15.4. The predicted octanol–water partition coefficient (Wildman–Crippen LogP) is -1.13. The van der Waals surface area contributed by atoms with Gasteiger partial charge >= 0.3 is 5.97 Å². The Labute approximate surface area is 112 Å². The van der Waals surface area contributed by atoms with Crippen LogP contribution in [-0.2, 0) is 19.1 Å². The number of hydrogen-bond donors (Lipinski definition) is 2. The lowest BCUT2D eigenvalue weighted by Crippen LogP contribution is -2.49. The SMILES string of the molecule is COC(=O)C(CN(C)CC(=O)NC1CC1)NC(C)=O. The van der Waals surface area contributed by atoms with Crippen molar-refractivity contribution in [3.8, 4) is 0 Å². The molecule has 1 aliphatic rings. The van der Waals surface area contributed by atoms with Gasteiger partial charge in [-0.3, -0.25) is 14.5 Å². The molecular formula is C12H21N3O4. The van der Waals surface area contributed by atoms with Gasteiger partial charge in [0.25, 0.3) is 0 Å². The number of hydrogen-bond acceptors (Lipinski definition) is 5.